The highest BCUT2D eigenvalue weighted by molar-refractivity contribution is 6.31. The third kappa shape index (κ3) is 2.82. The number of rotatable bonds is 4. The number of hydrogen-bond acceptors (Lipinski definition) is 4. The van der Waals surface area contributed by atoms with Crippen LogP contribution >= 0.6 is 11.6 Å². The molecule has 0 fully saturated rings. The standard InChI is InChI=1S/C23H22ClN3O/c1-4-14-11-15-5-6-16(12-20(15)27-22(14)28-3)23(2,13-25)18-8-7-17-19(24)9-10-26-21(17)18/h5-6,9-12,18H,4,7-8H2,1-3H3/t18-,23-/m0/s1. The molecular weight excluding hydrogens is 370 g/mol. The van der Waals surface area contributed by atoms with E-state index in [1.165, 1.54) is 0 Å². The molecule has 1 aliphatic carbocycles. The number of nitrogens with zero attached hydrogens (tertiary/aromatic N) is 3. The Morgan fingerprint density at radius 3 is 2.86 bits per heavy atom. The molecule has 1 aromatic carbocycles. The van der Waals surface area contributed by atoms with Gasteiger partial charge in [0.15, 0.2) is 0 Å². The first-order chi connectivity index (χ1) is 13.5. The Kier molecular flexibility index (Phi) is 4.72. The van der Waals surface area contributed by atoms with Crippen LogP contribution < -0.4 is 4.74 Å². The van der Waals surface area contributed by atoms with Crippen LogP contribution in [0, 0.1) is 11.3 Å². The van der Waals surface area contributed by atoms with E-state index < -0.39 is 5.41 Å². The monoisotopic (exact) mass is 391 g/mol. The molecule has 0 unspecified atom stereocenters. The molecule has 0 bridgehead atoms. The highest BCUT2D eigenvalue weighted by Gasteiger charge is 2.42. The summed E-state index contributed by atoms with van der Waals surface area (Å²) in [4.78, 5) is 9.27. The van der Waals surface area contributed by atoms with Gasteiger partial charge in [-0.3, -0.25) is 4.98 Å². The fourth-order valence-corrected chi connectivity index (χ4v) is 4.56. The number of pyridine rings is 2. The summed E-state index contributed by atoms with van der Waals surface area (Å²) in [6, 6.07) is 12.6. The fourth-order valence-electron chi connectivity index (χ4n) is 4.31. The first-order valence-electron chi connectivity index (χ1n) is 9.54. The van der Waals surface area contributed by atoms with Gasteiger partial charge < -0.3 is 4.74 Å². The number of hydrogen-bond donors (Lipinski definition) is 0. The van der Waals surface area contributed by atoms with E-state index in [4.69, 9.17) is 16.3 Å². The van der Waals surface area contributed by atoms with Crippen molar-refractivity contribution in [1.29, 1.82) is 5.26 Å². The molecule has 0 amide bonds. The number of nitriles is 1. The van der Waals surface area contributed by atoms with Crippen LogP contribution in [-0.4, -0.2) is 17.1 Å². The molecule has 2 aromatic heterocycles. The Hall–Kier alpha value is -2.64. The van der Waals surface area contributed by atoms with Crippen molar-refractivity contribution in [2.24, 2.45) is 0 Å². The van der Waals surface area contributed by atoms with Crippen LogP contribution in [0.2, 0.25) is 5.02 Å². The predicted molar refractivity (Wildman–Crippen MR) is 111 cm³/mol. The summed E-state index contributed by atoms with van der Waals surface area (Å²) in [5, 5.41) is 12.0. The van der Waals surface area contributed by atoms with Gasteiger partial charge in [-0.1, -0.05) is 30.7 Å². The Morgan fingerprint density at radius 1 is 1.32 bits per heavy atom. The third-order valence-electron chi connectivity index (χ3n) is 6.01. The van der Waals surface area contributed by atoms with Gasteiger partial charge >= 0.3 is 0 Å². The zero-order valence-corrected chi connectivity index (χ0v) is 17.0. The second kappa shape index (κ2) is 7.07. The Balaban J connectivity index is 1.84. The molecule has 4 rings (SSSR count). The predicted octanol–water partition coefficient (Wildman–Crippen LogP) is 5.37. The smallest absolute Gasteiger partial charge is 0.216 e. The number of fused-ring (bicyclic) bond motifs is 2. The van der Waals surface area contributed by atoms with Gasteiger partial charge in [-0.25, -0.2) is 4.98 Å². The van der Waals surface area contributed by atoms with Crippen LogP contribution in [-0.2, 0) is 18.3 Å². The summed E-state index contributed by atoms with van der Waals surface area (Å²) in [6.45, 7) is 4.08. The minimum Gasteiger partial charge on any atom is -0.481 e. The molecule has 2 heterocycles. The van der Waals surface area contributed by atoms with Gasteiger partial charge in [-0.2, -0.15) is 5.26 Å². The lowest BCUT2D eigenvalue weighted by molar-refractivity contribution is 0.394. The van der Waals surface area contributed by atoms with Crippen LogP contribution in [0.25, 0.3) is 10.9 Å². The molecule has 28 heavy (non-hydrogen) atoms. The average Bonchev–Trinajstić information content (AvgIpc) is 3.17. The summed E-state index contributed by atoms with van der Waals surface area (Å²) >= 11 is 6.37. The molecule has 2 atom stereocenters. The maximum absolute atomic E-state index is 10.2. The van der Waals surface area contributed by atoms with E-state index in [0.29, 0.717) is 5.88 Å². The average molecular weight is 392 g/mol. The van der Waals surface area contributed by atoms with Gasteiger partial charge in [0.05, 0.1) is 29.8 Å². The molecule has 5 heteroatoms. The van der Waals surface area contributed by atoms with Crippen molar-refractivity contribution in [1.82, 2.24) is 9.97 Å². The number of aromatic nitrogens is 2. The molecule has 142 valence electrons. The third-order valence-corrected chi connectivity index (χ3v) is 6.36. The van der Waals surface area contributed by atoms with E-state index in [2.05, 4.69) is 29.0 Å². The maximum atomic E-state index is 10.2. The Bertz CT molecular complexity index is 1100. The van der Waals surface area contributed by atoms with Crippen molar-refractivity contribution in [3.63, 3.8) is 0 Å². The van der Waals surface area contributed by atoms with Gasteiger partial charge in [0.2, 0.25) is 5.88 Å². The minimum absolute atomic E-state index is 0.000426. The zero-order chi connectivity index (χ0) is 19.9. The van der Waals surface area contributed by atoms with Crippen LogP contribution in [0.3, 0.4) is 0 Å². The quantitative estimate of drug-likeness (QED) is 0.600. The lowest BCUT2D eigenvalue weighted by Crippen LogP contribution is -2.28. The molecule has 0 aliphatic heterocycles. The molecule has 0 saturated heterocycles. The van der Waals surface area contributed by atoms with Crippen LogP contribution in [0.15, 0.2) is 36.5 Å². The first kappa shape index (κ1) is 18.7. The van der Waals surface area contributed by atoms with E-state index in [-0.39, 0.29) is 5.92 Å². The Labute approximate surface area is 170 Å². The largest absolute Gasteiger partial charge is 0.481 e. The molecule has 0 saturated carbocycles. The number of ether oxygens (including phenoxy) is 1. The van der Waals surface area contributed by atoms with E-state index in [0.717, 1.165) is 57.6 Å². The zero-order valence-electron chi connectivity index (χ0n) is 16.3. The first-order valence-corrected chi connectivity index (χ1v) is 9.92. The van der Waals surface area contributed by atoms with Crippen molar-refractivity contribution in [3.8, 4) is 11.9 Å². The van der Waals surface area contributed by atoms with E-state index >= 15 is 0 Å². The molecule has 1 aliphatic rings. The SMILES string of the molecule is CCc1cc2ccc([C@](C)(C#N)[C@H]3CCc4c(Cl)ccnc43)cc2nc1OC. The van der Waals surface area contributed by atoms with Gasteiger partial charge in [-0.05, 0) is 55.5 Å². The molecule has 0 radical (unpaired) electrons. The summed E-state index contributed by atoms with van der Waals surface area (Å²) in [5.41, 5.74) is 4.17. The Morgan fingerprint density at radius 2 is 2.14 bits per heavy atom. The summed E-state index contributed by atoms with van der Waals surface area (Å²) in [5.74, 6) is 0.644. The van der Waals surface area contributed by atoms with E-state index in [1.54, 1.807) is 13.3 Å². The maximum Gasteiger partial charge on any atom is 0.216 e. The van der Waals surface area contributed by atoms with Crippen molar-refractivity contribution in [3.05, 3.63) is 63.9 Å². The van der Waals surface area contributed by atoms with E-state index in [1.807, 2.05) is 31.2 Å². The van der Waals surface area contributed by atoms with Gasteiger partial charge in [0, 0.05) is 28.1 Å². The number of halogens is 1. The number of aryl methyl sites for hydroxylation is 1. The lowest BCUT2D eigenvalue weighted by Gasteiger charge is -2.29. The van der Waals surface area contributed by atoms with Crippen molar-refractivity contribution < 1.29 is 4.74 Å². The number of methoxy groups -OCH3 is 1. The van der Waals surface area contributed by atoms with Crippen molar-refractivity contribution >= 4 is 22.5 Å². The molecule has 0 N–H and O–H groups in total. The van der Waals surface area contributed by atoms with E-state index in [9.17, 15) is 5.26 Å². The van der Waals surface area contributed by atoms with Crippen molar-refractivity contribution in [2.45, 2.75) is 44.4 Å². The normalized spacial score (nSPS) is 17.8. The molecule has 4 nitrogen and oxygen atoms in total. The van der Waals surface area contributed by atoms with Gasteiger partial charge in [0.1, 0.15) is 0 Å². The van der Waals surface area contributed by atoms with Crippen LogP contribution in [0.5, 0.6) is 5.88 Å². The second-order valence-corrected chi connectivity index (χ2v) is 7.89. The summed E-state index contributed by atoms with van der Waals surface area (Å²) < 4.78 is 5.45. The summed E-state index contributed by atoms with van der Waals surface area (Å²) in [7, 11) is 1.64. The highest BCUT2D eigenvalue weighted by Crippen LogP contribution is 2.47. The summed E-state index contributed by atoms with van der Waals surface area (Å²) in [6.07, 6.45) is 4.30. The number of benzene rings is 1. The fraction of sp³-hybridized carbons (Fsp3) is 0.348. The molecule has 3 aromatic rings. The van der Waals surface area contributed by atoms with Crippen LogP contribution in [0.4, 0.5) is 0 Å². The van der Waals surface area contributed by atoms with Crippen LogP contribution in [0.1, 0.15) is 48.6 Å². The lowest BCUT2D eigenvalue weighted by atomic mass is 9.71. The molecular formula is C23H22ClN3O. The second-order valence-electron chi connectivity index (χ2n) is 7.48. The molecule has 0 spiro atoms. The topological polar surface area (TPSA) is 58.8 Å². The highest BCUT2D eigenvalue weighted by atomic mass is 35.5. The van der Waals surface area contributed by atoms with Gasteiger partial charge in [-0.15, -0.1) is 0 Å². The van der Waals surface area contributed by atoms with Gasteiger partial charge in [0.25, 0.3) is 0 Å². The minimum atomic E-state index is -0.713. The van der Waals surface area contributed by atoms with Crippen molar-refractivity contribution in [2.75, 3.05) is 7.11 Å².